The van der Waals surface area contributed by atoms with E-state index >= 15 is 0 Å². The molecule has 0 bridgehead atoms. The molecule has 7 nitrogen and oxygen atoms in total. The van der Waals surface area contributed by atoms with Crippen molar-refractivity contribution in [1.82, 2.24) is 24.5 Å². The monoisotopic (exact) mass is 456 g/mol. The Kier molecular flexibility index (Phi) is 5.41. The first-order valence-corrected chi connectivity index (χ1v) is 10.8. The number of nitrogens with two attached hydrogens (primary N) is 1. The lowest BCUT2D eigenvalue weighted by Gasteiger charge is -2.30. The highest BCUT2D eigenvalue weighted by Gasteiger charge is 2.46. The molecule has 10 heteroatoms. The molecular weight excluding hydrogens is 433 g/mol. The Morgan fingerprint density at radius 2 is 1.97 bits per heavy atom. The van der Waals surface area contributed by atoms with E-state index < -0.39 is 12.2 Å². The molecule has 1 aliphatic rings. The van der Waals surface area contributed by atoms with Crippen molar-refractivity contribution in [3.63, 3.8) is 0 Å². The van der Waals surface area contributed by atoms with E-state index in [1.54, 1.807) is 16.5 Å². The van der Waals surface area contributed by atoms with Gasteiger partial charge in [0.25, 0.3) is 0 Å². The summed E-state index contributed by atoms with van der Waals surface area (Å²) in [5, 5.41) is 9.25. The first kappa shape index (κ1) is 21.6. The molecule has 172 valence electrons. The number of hydrogen-bond acceptors (Lipinski definition) is 6. The number of benzene rings is 1. The minimum absolute atomic E-state index is 0.115. The van der Waals surface area contributed by atoms with E-state index in [2.05, 4.69) is 15.2 Å². The van der Waals surface area contributed by atoms with Crippen molar-refractivity contribution in [2.75, 3.05) is 19.7 Å². The maximum atomic E-state index is 14.1. The fourth-order valence-corrected chi connectivity index (χ4v) is 4.38. The zero-order valence-electron chi connectivity index (χ0n) is 18.0. The van der Waals surface area contributed by atoms with Crippen LogP contribution in [0.4, 0.5) is 13.2 Å². The Balaban J connectivity index is 1.58. The van der Waals surface area contributed by atoms with Gasteiger partial charge in [-0.15, -0.1) is 10.2 Å². The minimum atomic E-state index is -4.44. The maximum absolute atomic E-state index is 14.1. The summed E-state index contributed by atoms with van der Waals surface area (Å²) in [6.07, 6.45) is -2.45. The number of aromatic nitrogens is 4. The van der Waals surface area contributed by atoms with E-state index in [4.69, 9.17) is 10.5 Å². The molecule has 0 radical (unpaired) electrons. The number of nitrogens with zero attached hydrogens (tertiary/aromatic N) is 5. The van der Waals surface area contributed by atoms with Crippen LogP contribution in [0.5, 0.6) is 5.75 Å². The average Bonchev–Trinajstić information content (AvgIpc) is 3.38. The topological polar surface area (TPSA) is 81.6 Å². The molecule has 0 saturated carbocycles. The second-order valence-corrected chi connectivity index (χ2v) is 8.19. The molecule has 0 spiro atoms. The van der Waals surface area contributed by atoms with Crippen LogP contribution in [0.25, 0.3) is 28.1 Å². The minimum Gasteiger partial charge on any atom is -0.494 e. The van der Waals surface area contributed by atoms with E-state index in [1.807, 2.05) is 31.2 Å². The van der Waals surface area contributed by atoms with E-state index in [-0.39, 0.29) is 18.2 Å². The van der Waals surface area contributed by atoms with Gasteiger partial charge in [0, 0.05) is 36.8 Å². The average molecular weight is 456 g/mol. The summed E-state index contributed by atoms with van der Waals surface area (Å²) in [7, 11) is 0. The Hall–Kier alpha value is -3.24. The third kappa shape index (κ3) is 4.11. The van der Waals surface area contributed by atoms with Gasteiger partial charge in [-0.2, -0.15) is 13.2 Å². The Morgan fingerprint density at radius 1 is 1.15 bits per heavy atom. The molecule has 4 aromatic rings. The highest BCUT2D eigenvalue weighted by molar-refractivity contribution is 5.82. The van der Waals surface area contributed by atoms with Crippen LogP contribution in [0.3, 0.4) is 0 Å². The van der Waals surface area contributed by atoms with Crippen molar-refractivity contribution in [2.45, 2.75) is 31.6 Å². The number of alkyl halides is 3. The van der Waals surface area contributed by atoms with Crippen LogP contribution in [-0.2, 0) is 0 Å². The second kappa shape index (κ2) is 8.27. The zero-order valence-corrected chi connectivity index (χ0v) is 18.0. The lowest BCUT2D eigenvalue weighted by Crippen LogP contribution is -2.38. The van der Waals surface area contributed by atoms with Gasteiger partial charge in [0.05, 0.1) is 12.1 Å². The summed E-state index contributed by atoms with van der Waals surface area (Å²) in [4.78, 5) is 6.06. The van der Waals surface area contributed by atoms with Gasteiger partial charge in [0.2, 0.25) is 0 Å². The lowest BCUT2D eigenvalue weighted by atomic mass is 10.1. The molecule has 1 unspecified atom stereocenters. The summed E-state index contributed by atoms with van der Waals surface area (Å²) in [5.74, 6) is 1.06. The lowest BCUT2D eigenvalue weighted by molar-refractivity contribution is -0.183. The number of hydrogen-bond donors (Lipinski definition) is 1. The summed E-state index contributed by atoms with van der Waals surface area (Å²) >= 11 is 0. The van der Waals surface area contributed by atoms with Crippen LogP contribution in [0, 0.1) is 0 Å². The molecule has 0 amide bonds. The molecule has 1 aliphatic heterocycles. The van der Waals surface area contributed by atoms with Crippen molar-refractivity contribution >= 4 is 16.6 Å². The molecule has 5 rings (SSSR count). The van der Waals surface area contributed by atoms with Crippen LogP contribution in [0.1, 0.15) is 24.9 Å². The SMILES string of the molecule is CCOc1ccc2ccc(-c3nnc4ccc([C@H](N5CCC(N)C5)C(F)(F)F)cn34)nc2c1. The first-order valence-electron chi connectivity index (χ1n) is 10.8. The molecule has 1 fully saturated rings. The Bertz CT molecular complexity index is 1300. The van der Waals surface area contributed by atoms with Gasteiger partial charge in [0.1, 0.15) is 17.5 Å². The Morgan fingerprint density at radius 3 is 2.70 bits per heavy atom. The summed E-state index contributed by atoms with van der Waals surface area (Å²) in [6, 6.07) is 10.3. The fourth-order valence-electron chi connectivity index (χ4n) is 4.38. The summed E-state index contributed by atoms with van der Waals surface area (Å²) in [5.41, 5.74) is 7.65. The van der Waals surface area contributed by atoms with Gasteiger partial charge in [-0.25, -0.2) is 4.98 Å². The molecule has 1 aromatic carbocycles. The van der Waals surface area contributed by atoms with Gasteiger partial charge in [-0.1, -0.05) is 12.1 Å². The standard InChI is InChI=1S/C23H23F3N6O/c1-2-33-17-6-3-14-4-7-18(28-19(14)11-17)22-30-29-20-8-5-15(12-32(20)22)21(23(24,25)26)31-10-9-16(27)13-31/h3-8,11-12,16,21H,2,9-10,13,27H2,1H3/t16?,21-/m0/s1. The van der Waals surface area contributed by atoms with Crippen LogP contribution in [-0.4, -0.2) is 56.4 Å². The zero-order chi connectivity index (χ0) is 23.2. The van der Waals surface area contributed by atoms with Crippen molar-refractivity contribution in [3.05, 3.63) is 54.2 Å². The number of rotatable bonds is 5. The molecule has 2 N–H and O–H groups in total. The smallest absolute Gasteiger partial charge is 0.408 e. The van der Waals surface area contributed by atoms with Crippen molar-refractivity contribution < 1.29 is 17.9 Å². The van der Waals surface area contributed by atoms with E-state index in [0.717, 1.165) is 5.39 Å². The third-order valence-corrected chi connectivity index (χ3v) is 5.88. The number of halogens is 3. The van der Waals surface area contributed by atoms with Crippen molar-refractivity contribution in [1.29, 1.82) is 0 Å². The van der Waals surface area contributed by atoms with Crippen LogP contribution < -0.4 is 10.5 Å². The van der Waals surface area contributed by atoms with E-state index in [1.165, 1.54) is 17.2 Å². The van der Waals surface area contributed by atoms with Crippen LogP contribution in [0.15, 0.2) is 48.7 Å². The van der Waals surface area contributed by atoms with Crippen LogP contribution in [0.2, 0.25) is 0 Å². The molecule has 1 saturated heterocycles. The van der Waals surface area contributed by atoms with Gasteiger partial charge < -0.3 is 10.5 Å². The molecule has 4 heterocycles. The Labute approximate surface area is 188 Å². The van der Waals surface area contributed by atoms with Crippen molar-refractivity contribution in [3.8, 4) is 17.3 Å². The third-order valence-electron chi connectivity index (χ3n) is 5.88. The predicted octanol–water partition coefficient (Wildman–Crippen LogP) is 3.98. The van der Waals surface area contributed by atoms with Gasteiger partial charge in [0.15, 0.2) is 11.5 Å². The number of likely N-dealkylation sites (tertiary alicyclic amines) is 1. The fraction of sp³-hybridized carbons (Fsp3) is 0.348. The predicted molar refractivity (Wildman–Crippen MR) is 118 cm³/mol. The normalized spacial score (nSPS) is 18.3. The highest BCUT2D eigenvalue weighted by atomic mass is 19.4. The van der Waals surface area contributed by atoms with E-state index in [9.17, 15) is 13.2 Å². The van der Waals surface area contributed by atoms with Gasteiger partial charge >= 0.3 is 6.18 Å². The maximum Gasteiger partial charge on any atom is 0.408 e. The largest absolute Gasteiger partial charge is 0.494 e. The second-order valence-electron chi connectivity index (χ2n) is 8.19. The molecule has 3 aromatic heterocycles. The molecular formula is C23H23F3N6O. The van der Waals surface area contributed by atoms with Gasteiger partial charge in [-0.3, -0.25) is 9.30 Å². The highest BCUT2D eigenvalue weighted by Crippen LogP contribution is 2.39. The number of pyridine rings is 2. The van der Waals surface area contributed by atoms with Crippen LogP contribution >= 0.6 is 0 Å². The quantitative estimate of drug-likeness (QED) is 0.489. The van der Waals surface area contributed by atoms with E-state index in [0.29, 0.717) is 48.0 Å². The molecule has 2 atom stereocenters. The number of ether oxygens (including phenoxy) is 1. The molecule has 33 heavy (non-hydrogen) atoms. The summed E-state index contributed by atoms with van der Waals surface area (Å²) < 4.78 is 49.3. The van der Waals surface area contributed by atoms with Crippen molar-refractivity contribution in [2.24, 2.45) is 5.73 Å². The number of fused-ring (bicyclic) bond motifs is 2. The van der Waals surface area contributed by atoms with Gasteiger partial charge in [-0.05, 0) is 43.2 Å². The first-order chi connectivity index (χ1) is 15.8. The summed E-state index contributed by atoms with van der Waals surface area (Å²) in [6.45, 7) is 2.93. The molecule has 0 aliphatic carbocycles.